The fourth-order valence-corrected chi connectivity index (χ4v) is 1.76. The van der Waals surface area contributed by atoms with Crippen molar-refractivity contribution in [3.63, 3.8) is 0 Å². The maximum absolute atomic E-state index is 10.6. The lowest BCUT2D eigenvalue weighted by Gasteiger charge is -2.08. The van der Waals surface area contributed by atoms with Crippen LogP contribution in [-0.4, -0.2) is 21.1 Å². The molecule has 1 aromatic heterocycles. The molecular formula is C11H10BrN3O3. The molecule has 1 heterocycles. The van der Waals surface area contributed by atoms with Crippen LogP contribution < -0.4 is 4.74 Å². The third-order valence-corrected chi connectivity index (χ3v) is 2.95. The summed E-state index contributed by atoms with van der Waals surface area (Å²) in [5.41, 5.74) is 0.0100. The first-order valence-corrected chi connectivity index (χ1v) is 5.98. The number of nitro groups is 1. The van der Waals surface area contributed by atoms with Gasteiger partial charge < -0.3 is 9.30 Å². The highest BCUT2D eigenvalue weighted by atomic mass is 79.9. The van der Waals surface area contributed by atoms with E-state index in [1.807, 2.05) is 10.8 Å². The third kappa shape index (κ3) is 3.07. The lowest BCUT2D eigenvalue weighted by Crippen LogP contribution is -2.06. The van der Waals surface area contributed by atoms with Crippen molar-refractivity contribution in [1.82, 2.24) is 9.55 Å². The van der Waals surface area contributed by atoms with Gasteiger partial charge in [-0.15, -0.1) is 0 Å². The van der Waals surface area contributed by atoms with Crippen molar-refractivity contribution in [2.45, 2.75) is 6.54 Å². The SMILES string of the molecule is O=[N+]([O-])c1ccc(Br)c(OCCn2ccnc2)c1. The van der Waals surface area contributed by atoms with Crippen molar-refractivity contribution < 1.29 is 9.66 Å². The molecule has 94 valence electrons. The molecule has 1 aromatic carbocycles. The van der Waals surface area contributed by atoms with Crippen molar-refractivity contribution in [2.75, 3.05) is 6.61 Å². The molecule has 0 saturated carbocycles. The van der Waals surface area contributed by atoms with Crippen LogP contribution in [0.4, 0.5) is 5.69 Å². The van der Waals surface area contributed by atoms with E-state index in [2.05, 4.69) is 20.9 Å². The number of imidazole rings is 1. The predicted octanol–water partition coefficient (Wildman–Crippen LogP) is 2.63. The van der Waals surface area contributed by atoms with E-state index in [-0.39, 0.29) is 5.69 Å². The number of nitro benzene ring substituents is 1. The minimum absolute atomic E-state index is 0.0100. The molecule has 0 amide bonds. The number of benzene rings is 1. The molecule has 7 heteroatoms. The van der Waals surface area contributed by atoms with Crippen molar-refractivity contribution in [1.29, 1.82) is 0 Å². The average Bonchev–Trinajstić information content (AvgIpc) is 2.84. The first-order valence-electron chi connectivity index (χ1n) is 5.19. The molecule has 0 saturated heterocycles. The van der Waals surface area contributed by atoms with Crippen LogP contribution in [0.2, 0.25) is 0 Å². The Morgan fingerprint density at radius 3 is 3.00 bits per heavy atom. The van der Waals surface area contributed by atoms with Gasteiger partial charge in [-0.1, -0.05) is 0 Å². The van der Waals surface area contributed by atoms with E-state index < -0.39 is 4.92 Å². The second-order valence-corrected chi connectivity index (χ2v) is 4.38. The van der Waals surface area contributed by atoms with E-state index in [0.717, 1.165) is 0 Å². The van der Waals surface area contributed by atoms with Gasteiger partial charge in [0.2, 0.25) is 0 Å². The zero-order chi connectivity index (χ0) is 13.0. The number of aromatic nitrogens is 2. The summed E-state index contributed by atoms with van der Waals surface area (Å²) < 4.78 is 8.06. The summed E-state index contributed by atoms with van der Waals surface area (Å²) >= 11 is 3.29. The number of nitrogens with zero attached hydrogens (tertiary/aromatic N) is 3. The molecule has 0 spiro atoms. The minimum atomic E-state index is -0.449. The van der Waals surface area contributed by atoms with Crippen LogP contribution in [0.5, 0.6) is 5.75 Å². The second kappa shape index (κ2) is 5.63. The average molecular weight is 312 g/mol. The van der Waals surface area contributed by atoms with Gasteiger partial charge >= 0.3 is 0 Å². The molecule has 0 aliphatic heterocycles. The van der Waals surface area contributed by atoms with Crippen LogP contribution in [0.25, 0.3) is 0 Å². The van der Waals surface area contributed by atoms with Gasteiger partial charge in [0, 0.05) is 18.5 Å². The van der Waals surface area contributed by atoms with Gasteiger partial charge in [-0.3, -0.25) is 10.1 Å². The topological polar surface area (TPSA) is 70.2 Å². The number of ether oxygens (including phenoxy) is 1. The molecule has 0 N–H and O–H groups in total. The maximum atomic E-state index is 10.6. The Morgan fingerprint density at radius 1 is 1.50 bits per heavy atom. The Labute approximate surface area is 111 Å². The van der Waals surface area contributed by atoms with Crippen LogP contribution in [0, 0.1) is 10.1 Å². The van der Waals surface area contributed by atoms with Crippen LogP contribution in [-0.2, 0) is 6.54 Å². The molecule has 0 bridgehead atoms. The van der Waals surface area contributed by atoms with Gasteiger partial charge in [0.05, 0.1) is 28.3 Å². The smallest absolute Gasteiger partial charge is 0.273 e. The van der Waals surface area contributed by atoms with Crippen molar-refractivity contribution in [3.05, 3.63) is 51.5 Å². The monoisotopic (exact) mass is 311 g/mol. The van der Waals surface area contributed by atoms with Crippen LogP contribution in [0.1, 0.15) is 0 Å². The normalized spacial score (nSPS) is 10.3. The Kier molecular flexibility index (Phi) is 3.93. The molecule has 0 fully saturated rings. The van der Waals surface area contributed by atoms with Gasteiger partial charge in [0.25, 0.3) is 5.69 Å². The number of non-ortho nitro benzene ring substituents is 1. The maximum Gasteiger partial charge on any atom is 0.273 e. The summed E-state index contributed by atoms with van der Waals surface area (Å²) in [6.45, 7) is 1.05. The van der Waals surface area contributed by atoms with E-state index in [1.165, 1.54) is 12.1 Å². The summed E-state index contributed by atoms with van der Waals surface area (Å²) in [5, 5.41) is 10.6. The largest absolute Gasteiger partial charge is 0.490 e. The number of rotatable bonds is 5. The lowest BCUT2D eigenvalue weighted by molar-refractivity contribution is -0.385. The Morgan fingerprint density at radius 2 is 2.33 bits per heavy atom. The second-order valence-electron chi connectivity index (χ2n) is 3.52. The van der Waals surface area contributed by atoms with Crippen molar-refractivity contribution in [2.24, 2.45) is 0 Å². The van der Waals surface area contributed by atoms with Gasteiger partial charge in [0.15, 0.2) is 0 Å². The highest BCUT2D eigenvalue weighted by Gasteiger charge is 2.10. The molecule has 6 nitrogen and oxygen atoms in total. The van der Waals surface area contributed by atoms with Crippen LogP contribution in [0.15, 0.2) is 41.4 Å². The van der Waals surface area contributed by atoms with E-state index >= 15 is 0 Å². The quantitative estimate of drug-likeness (QED) is 0.628. The standard InChI is InChI=1S/C11H10BrN3O3/c12-10-2-1-9(15(16)17)7-11(10)18-6-5-14-4-3-13-8-14/h1-4,7-8H,5-6H2. The summed E-state index contributed by atoms with van der Waals surface area (Å²) in [7, 11) is 0. The fraction of sp³-hybridized carbons (Fsp3) is 0.182. The number of hydrogen-bond donors (Lipinski definition) is 0. The molecule has 2 aromatic rings. The molecule has 18 heavy (non-hydrogen) atoms. The zero-order valence-corrected chi connectivity index (χ0v) is 10.9. The van der Waals surface area contributed by atoms with Gasteiger partial charge in [-0.05, 0) is 22.0 Å². The Hall–Kier alpha value is -1.89. The number of halogens is 1. The van der Waals surface area contributed by atoms with Gasteiger partial charge in [0.1, 0.15) is 12.4 Å². The van der Waals surface area contributed by atoms with Crippen molar-refractivity contribution in [3.8, 4) is 5.75 Å². The van der Waals surface area contributed by atoms with E-state index in [9.17, 15) is 10.1 Å². The highest BCUT2D eigenvalue weighted by Crippen LogP contribution is 2.29. The molecule has 2 rings (SSSR count). The van der Waals surface area contributed by atoms with E-state index in [4.69, 9.17) is 4.74 Å². The number of hydrogen-bond acceptors (Lipinski definition) is 4. The first-order chi connectivity index (χ1) is 8.66. The van der Waals surface area contributed by atoms with Gasteiger partial charge in [-0.25, -0.2) is 4.98 Å². The minimum Gasteiger partial charge on any atom is -0.490 e. The molecule has 0 radical (unpaired) electrons. The highest BCUT2D eigenvalue weighted by molar-refractivity contribution is 9.10. The summed E-state index contributed by atoms with van der Waals surface area (Å²) in [6.07, 6.45) is 5.20. The zero-order valence-electron chi connectivity index (χ0n) is 9.32. The van der Waals surface area contributed by atoms with E-state index in [0.29, 0.717) is 23.4 Å². The summed E-state index contributed by atoms with van der Waals surface area (Å²) in [4.78, 5) is 14.1. The van der Waals surface area contributed by atoms with E-state index in [1.54, 1.807) is 18.6 Å². The lowest BCUT2D eigenvalue weighted by atomic mass is 10.3. The molecule has 0 aliphatic carbocycles. The predicted molar refractivity (Wildman–Crippen MR) is 68.5 cm³/mol. The molecule has 0 atom stereocenters. The Balaban J connectivity index is 2.00. The Bertz CT molecular complexity index is 542. The molecule has 0 aliphatic rings. The third-order valence-electron chi connectivity index (χ3n) is 2.29. The van der Waals surface area contributed by atoms with Crippen LogP contribution >= 0.6 is 15.9 Å². The summed E-state index contributed by atoms with van der Waals surface area (Å²) in [5.74, 6) is 0.462. The summed E-state index contributed by atoms with van der Waals surface area (Å²) in [6, 6.07) is 4.43. The van der Waals surface area contributed by atoms with Crippen molar-refractivity contribution >= 4 is 21.6 Å². The van der Waals surface area contributed by atoms with Crippen LogP contribution in [0.3, 0.4) is 0 Å². The molecule has 0 unspecified atom stereocenters. The fourth-order valence-electron chi connectivity index (χ4n) is 1.40. The first kappa shape index (κ1) is 12.6. The molecular weight excluding hydrogens is 302 g/mol. The van der Waals surface area contributed by atoms with Gasteiger partial charge in [-0.2, -0.15) is 0 Å².